The third-order valence-electron chi connectivity index (χ3n) is 5.44. The molecule has 2 aromatic carbocycles. The fourth-order valence-corrected chi connectivity index (χ4v) is 4.14. The number of rotatable bonds is 9. The minimum absolute atomic E-state index is 0.0942. The van der Waals surface area contributed by atoms with E-state index < -0.39 is 12.1 Å². The zero-order chi connectivity index (χ0) is 28.5. The maximum absolute atomic E-state index is 12.5. The van der Waals surface area contributed by atoms with Gasteiger partial charge in [0, 0.05) is 37.8 Å². The second-order valence-electron chi connectivity index (χ2n) is 8.90. The molecular weight excluding hydrogens is 570 g/mol. The first-order chi connectivity index (χ1) is 17.8. The van der Waals surface area contributed by atoms with Crippen LogP contribution in [0.15, 0.2) is 36.4 Å². The van der Waals surface area contributed by atoms with Crippen molar-refractivity contribution < 1.29 is 32.6 Å². The first-order valence-electron chi connectivity index (χ1n) is 11.6. The largest absolute Gasteiger partial charge is 0.492 e. The summed E-state index contributed by atoms with van der Waals surface area (Å²) in [6, 6.07) is 11.0. The molecular formula is C25H29Cl3F3N3O4. The molecule has 2 aromatic rings. The van der Waals surface area contributed by atoms with Crippen LogP contribution in [0.1, 0.15) is 28.8 Å². The minimum atomic E-state index is -5.08. The number of benzene rings is 2. The Morgan fingerprint density at radius 1 is 1.11 bits per heavy atom. The molecule has 1 atom stereocenters. The number of nitrogens with zero attached hydrogens (tertiary/aromatic N) is 2. The highest BCUT2D eigenvalue weighted by molar-refractivity contribution is 6.42. The van der Waals surface area contributed by atoms with Gasteiger partial charge in [-0.2, -0.15) is 13.2 Å². The monoisotopic (exact) mass is 597 g/mol. The number of carbonyl (C=O) groups is 2. The van der Waals surface area contributed by atoms with Gasteiger partial charge in [-0.05, 0) is 62.8 Å². The lowest BCUT2D eigenvalue weighted by atomic mass is 10.2. The lowest BCUT2D eigenvalue weighted by molar-refractivity contribution is -0.192. The van der Waals surface area contributed by atoms with Crippen molar-refractivity contribution in [2.45, 2.75) is 31.6 Å². The quantitative estimate of drug-likeness (QED) is 0.365. The highest BCUT2D eigenvalue weighted by Gasteiger charge is 2.38. The number of nitrogens with one attached hydrogen (secondary N) is 1. The molecule has 0 bridgehead atoms. The van der Waals surface area contributed by atoms with Gasteiger partial charge in [-0.1, -0.05) is 40.9 Å². The Kier molecular flexibility index (Phi) is 12.4. The van der Waals surface area contributed by atoms with E-state index in [9.17, 15) is 18.0 Å². The van der Waals surface area contributed by atoms with Crippen LogP contribution in [0, 0.1) is 0 Å². The highest BCUT2D eigenvalue weighted by atomic mass is 35.5. The Balaban J connectivity index is 0.000000638. The number of amides is 1. The number of alkyl halides is 3. The molecule has 0 radical (unpaired) electrons. The average molecular weight is 599 g/mol. The van der Waals surface area contributed by atoms with E-state index in [4.69, 9.17) is 49.4 Å². The summed E-state index contributed by atoms with van der Waals surface area (Å²) >= 11 is 18.4. The molecule has 1 saturated heterocycles. The van der Waals surface area contributed by atoms with E-state index in [1.54, 1.807) is 18.2 Å². The van der Waals surface area contributed by atoms with E-state index in [0.29, 0.717) is 27.2 Å². The lowest BCUT2D eigenvalue weighted by Crippen LogP contribution is -2.37. The summed E-state index contributed by atoms with van der Waals surface area (Å²) in [6.07, 6.45) is -3.23. The molecule has 1 heterocycles. The number of carbonyl (C=O) groups excluding carboxylic acids is 1. The van der Waals surface area contributed by atoms with Crippen LogP contribution in [-0.2, 0) is 11.3 Å². The van der Waals surface area contributed by atoms with Crippen molar-refractivity contribution in [2.75, 3.05) is 40.3 Å². The smallest absolute Gasteiger partial charge is 0.490 e. The molecule has 0 aromatic heterocycles. The summed E-state index contributed by atoms with van der Waals surface area (Å²) in [4.78, 5) is 25.8. The maximum atomic E-state index is 12.5. The van der Waals surface area contributed by atoms with E-state index in [0.717, 1.165) is 50.3 Å². The van der Waals surface area contributed by atoms with Crippen molar-refractivity contribution >= 4 is 46.7 Å². The number of aliphatic carboxylic acids is 1. The first-order valence-corrected chi connectivity index (χ1v) is 12.7. The van der Waals surface area contributed by atoms with Gasteiger partial charge in [0.1, 0.15) is 5.75 Å². The standard InChI is InChI=1S/C23H28Cl3N3O2.C2HF3O2/c1-28(2)9-3-11-31-22-7-4-16(12-21(22)26)14-29-10-8-18(15-29)27-23(30)17-5-6-19(24)20(25)13-17;3-2(4,5)1(6)7/h4-7,12-13,18H,3,8-11,14-15H2,1-2H3,(H,27,30);(H,6,7)/t18-;/m0./s1. The van der Waals surface area contributed by atoms with Crippen LogP contribution >= 0.6 is 34.8 Å². The van der Waals surface area contributed by atoms with Gasteiger partial charge in [0.15, 0.2) is 0 Å². The van der Waals surface area contributed by atoms with Crippen LogP contribution in [0.2, 0.25) is 15.1 Å². The predicted molar refractivity (Wildman–Crippen MR) is 141 cm³/mol. The molecule has 1 fully saturated rings. The van der Waals surface area contributed by atoms with Gasteiger partial charge in [0.25, 0.3) is 5.91 Å². The first kappa shape index (κ1) is 32.0. The molecule has 0 unspecified atom stereocenters. The lowest BCUT2D eigenvalue weighted by Gasteiger charge is -2.18. The summed E-state index contributed by atoms with van der Waals surface area (Å²) in [5.74, 6) is -2.17. The Morgan fingerprint density at radius 3 is 2.37 bits per heavy atom. The molecule has 38 heavy (non-hydrogen) atoms. The van der Waals surface area contributed by atoms with E-state index in [1.165, 1.54) is 0 Å². The molecule has 1 aliphatic heterocycles. The molecule has 0 aliphatic carbocycles. The number of hydrogen-bond donors (Lipinski definition) is 2. The van der Waals surface area contributed by atoms with Crippen LogP contribution in [0.4, 0.5) is 13.2 Å². The Bertz CT molecular complexity index is 1100. The van der Waals surface area contributed by atoms with Crippen molar-refractivity contribution in [1.29, 1.82) is 0 Å². The Hall–Kier alpha value is -2.24. The molecule has 7 nitrogen and oxygen atoms in total. The minimum Gasteiger partial charge on any atom is -0.492 e. The second kappa shape index (κ2) is 14.8. The number of halogens is 6. The number of carboxylic acids is 1. The van der Waals surface area contributed by atoms with Crippen molar-refractivity contribution in [3.63, 3.8) is 0 Å². The normalized spacial score (nSPS) is 15.7. The summed E-state index contributed by atoms with van der Waals surface area (Å²) in [5, 5.41) is 11.7. The second-order valence-corrected chi connectivity index (χ2v) is 10.1. The van der Waals surface area contributed by atoms with Gasteiger partial charge in [-0.25, -0.2) is 4.79 Å². The summed E-state index contributed by atoms with van der Waals surface area (Å²) < 4.78 is 37.5. The predicted octanol–water partition coefficient (Wildman–Crippen LogP) is 5.61. The number of ether oxygens (including phenoxy) is 1. The Morgan fingerprint density at radius 2 is 1.79 bits per heavy atom. The third kappa shape index (κ3) is 10.9. The highest BCUT2D eigenvalue weighted by Crippen LogP contribution is 2.27. The van der Waals surface area contributed by atoms with Gasteiger partial charge in [0.05, 0.1) is 21.7 Å². The topological polar surface area (TPSA) is 82.1 Å². The van der Waals surface area contributed by atoms with E-state index in [-0.39, 0.29) is 11.9 Å². The Labute approximate surface area is 234 Å². The van der Waals surface area contributed by atoms with Crippen molar-refractivity contribution in [1.82, 2.24) is 15.1 Å². The van der Waals surface area contributed by atoms with Gasteiger partial charge in [-0.15, -0.1) is 0 Å². The molecule has 3 rings (SSSR count). The van der Waals surface area contributed by atoms with Crippen molar-refractivity contribution in [3.05, 3.63) is 62.6 Å². The number of likely N-dealkylation sites (tertiary alicyclic amines) is 1. The number of hydrogen-bond acceptors (Lipinski definition) is 5. The van der Waals surface area contributed by atoms with Crippen LogP contribution in [0.5, 0.6) is 5.75 Å². The van der Waals surface area contributed by atoms with Crippen molar-refractivity contribution in [2.24, 2.45) is 0 Å². The van der Waals surface area contributed by atoms with Crippen molar-refractivity contribution in [3.8, 4) is 5.75 Å². The molecule has 2 N–H and O–H groups in total. The van der Waals surface area contributed by atoms with Gasteiger partial charge in [-0.3, -0.25) is 9.69 Å². The molecule has 13 heteroatoms. The average Bonchev–Trinajstić information content (AvgIpc) is 3.25. The van der Waals surface area contributed by atoms with Crippen LogP contribution in [-0.4, -0.2) is 79.3 Å². The maximum Gasteiger partial charge on any atom is 0.490 e. The van der Waals surface area contributed by atoms with Crippen LogP contribution < -0.4 is 10.1 Å². The van der Waals surface area contributed by atoms with Crippen LogP contribution in [0.25, 0.3) is 0 Å². The van der Waals surface area contributed by atoms with Gasteiger partial charge < -0.3 is 20.1 Å². The van der Waals surface area contributed by atoms with Gasteiger partial charge >= 0.3 is 12.1 Å². The molecule has 1 amide bonds. The molecule has 0 saturated carbocycles. The van der Waals surface area contributed by atoms with Crippen LogP contribution in [0.3, 0.4) is 0 Å². The number of carboxylic acid groups (broad SMARTS) is 1. The molecule has 1 aliphatic rings. The fraction of sp³-hybridized carbons (Fsp3) is 0.440. The zero-order valence-corrected chi connectivity index (χ0v) is 23.1. The van der Waals surface area contributed by atoms with E-state index in [1.807, 2.05) is 26.2 Å². The SMILES string of the molecule is CN(C)CCCOc1ccc(CN2CC[C@H](NC(=O)c3ccc(Cl)c(Cl)c3)C2)cc1Cl.O=C(O)C(F)(F)F. The molecule has 210 valence electrons. The van der Waals surface area contributed by atoms with E-state index in [2.05, 4.69) is 21.2 Å². The van der Waals surface area contributed by atoms with Gasteiger partial charge in [0.2, 0.25) is 0 Å². The fourth-order valence-electron chi connectivity index (χ4n) is 3.58. The summed E-state index contributed by atoms with van der Waals surface area (Å²) in [6.45, 7) is 4.09. The third-order valence-corrected chi connectivity index (χ3v) is 6.48. The zero-order valence-electron chi connectivity index (χ0n) is 20.8. The summed E-state index contributed by atoms with van der Waals surface area (Å²) in [7, 11) is 4.09. The molecule has 0 spiro atoms. The summed E-state index contributed by atoms with van der Waals surface area (Å²) in [5.41, 5.74) is 1.64. The van der Waals surface area contributed by atoms with E-state index >= 15 is 0 Å².